The van der Waals surface area contributed by atoms with Gasteiger partial charge in [0.15, 0.2) is 0 Å². The molecule has 7 heteroatoms. The molecule has 1 heterocycles. The predicted molar refractivity (Wildman–Crippen MR) is 67.3 cm³/mol. The molecule has 1 amide bonds. The number of methoxy groups -OCH3 is 1. The number of primary amides is 1. The highest BCUT2D eigenvalue weighted by molar-refractivity contribution is 5.88. The Bertz CT molecular complexity index is 419. The second kappa shape index (κ2) is 8.17. The summed E-state index contributed by atoms with van der Waals surface area (Å²) in [5, 5.41) is 3.08. The van der Waals surface area contributed by atoms with E-state index in [1.54, 1.807) is 12.1 Å². The van der Waals surface area contributed by atoms with Crippen LogP contribution in [0.2, 0.25) is 0 Å². The highest BCUT2D eigenvalue weighted by atomic mass is 16.5. The third-order valence-electron chi connectivity index (χ3n) is 2.22. The zero-order valence-corrected chi connectivity index (χ0v) is 10.7. The van der Waals surface area contributed by atoms with E-state index >= 15 is 0 Å². The van der Waals surface area contributed by atoms with Crippen LogP contribution in [-0.4, -0.2) is 43.7 Å². The molecule has 0 spiro atoms. The van der Waals surface area contributed by atoms with Gasteiger partial charge in [-0.15, -0.1) is 0 Å². The zero-order chi connectivity index (χ0) is 14.1. The van der Waals surface area contributed by atoms with E-state index in [1.165, 1.54) is 13.3 Å². The molecule has 7 nitrogen and oxygen atoms in total. The smallest absolute Gasteiger partial charge is 0.339 e. The number of hydrogen-bond donors (Lipinski definition) is 2. The number of ether oxygens (including phenoxy) is 2. The molecule has 0 atom stereocenters. The SMILES string of the molecule is COC(=O)c1ccc(CNCCOCC(N)=O)nc1. The molecular weight excluding hydrogens is 250 g/mol. The van der Waals surface area contributed by atoms with Crippen LogP contribution in [0.25, 0.3) is 0 Å². The van der Waals surface area contributed by atoms with Crippen LogP contribution < -0.4 is 11.1 Å². The first-order valence-electron chi connectivity index (χ1n) is 5.73. The lowest BCUT2D eigenvalue weighted by Gasteiger charge is -2.05. The number of rotatable bonds is 8. The number of pyridine rings is 1. The van der Waals surface area contributed by atoms with Gasteiger partial charge in [0.2, 0.25) is 5.91 Å². The first-order valence-corrected chi connectivity index (χ1v) is 5.73. The summed E-state index contributed by atoms with van der Waals surface area (Å²) < 4.78 is 9.55. The highest BCUT2D eigenvalue weighted by Crippen LogP contribution is 2.01. The molecule has 0 aliphatic heterocycles. The lowest BCUT2D eigenvalue weighted by Crippen LogP contribution is -2.24. The van der Waals surface area contributed by atoms with Gasteiger partial charge in [-0.1, -0.05) is 0 Å². The van der Waals surface area contributed by atoms with Crippen molar-refractivity contribution in [3.63, 3.8) is 0 Å². The molecule has 0 fully saturated rings. The van der Waals surface area contributed by atoms with Gasteiger partial charge in [-0.2, -0.15) is 0 Å². The maximum Gasteiger partial charge on any atom is 0.339 e. The fourth-order valence-corrected chi connectivity index (χ4v) is 1.30. The Morgan fingerprint density at radius 3 is 2.79 bits per heavy atom. The first kappa shape index (κ1) is 15.1. The zero-order valence-electron chi connectivity index (χ0n) is 10.7. The van der Waals surface area contributed by atoms with Crippen molar-refractivity contribution < 1.29 is 19.1 Å². The summed E-state index contributed by atoms with van der Waals surface area (Å²) >= 11 is 0. The van der Waals surface area contributed by atoms with E-state index in [1.807, 2.05) is 0 Å². The Morgan fingerprint density at radius 1 is 1.42 bits per heavy atom. The van der Waals surface area contributed by atoms with E-state index in [0.29, 0.717) is 25.3 Å². The molecule has 0 bridgehead atoms. The third kappa shape index (κ3) is 5.94. The van der Waals surface area contributed by atoms with Crippen LogP contribution in [0.5, 0.6) is 0 Å². The van der Waals surface area contributed by atoms with E-state index in [2.05, 4.69) is 15.0 Å². The maximum absolute atomic E-state index is 11.2. The fourth-order valence-electron chi connectivity index (χ4n) is 1.30. The number of amides is 1. The normalized spacial score (nSPS) is 10.2. The van der Waals surface area contributed by atoms with Crippen molar-refractivity contribution in [2.75, 3.05) is 26.9 Å². The van der Waals surface area contributed by atoms with Gasteiger partial charge in [0.05, 0.1) is 25.0 Å². The van der Waals surface area contributed by atoms with Crippen molar-refractivity contribution >= 4 is 11.9 Å². The van der Waals surface area contributed by atoms with Gasteiger partial charge in [-0.3, -0.25) is 9.78 Å². The maximum atomic E-state index is 11.2. The van der Waals surface area contributed by atoms with Gasteiger partial charge < -0.3 is 20.5 Å². The van der Waals surface area contributed by atoms with Crippen LogP contribution in [0.4, 0.5) is 0 Å². The number of nitrogens with one attached hydrogen (secondary N) is 1. The largest absolute Gasteiger partial charge is 0.465 e. The summed E-state index contributed by atoms with van der Waals surface area (Å²) in [6.45, 7) is 1.44. The van der Waals surface area contributed by atoms with Crippen LogP contribution in [0, 0.1) is 0 Å². The molecule has 1 aromatic heterocycles. The molecule has 1 rings (SSSR count). The highest BCUT2D eigenvalue weighted by Gasteiger charge is 2.04. The van der Waals surface area contributed by atoms with E-state index in [9.17, 15) is 9.59 Å². The molecule has 0 aromatic carbocycles. The quantitative estimate of drug-likeness (QED) is 0.484. The van der Waals surface area contributed by atoms with E-state index in [0.717, 1.165) is 5.69 Å². The Morgan fingerprint density at radius 2 is 2.21 bits per heavy atom. The third-order valence-corrected chi connectivity index (χ3v) is 2.22. The number of hydrogen-bond acceptors (Lipinski definition) is 6. The van der Waals surface area contributed by atoms with Crippen LogP contribution in [-0.2, 0) is 20.8 Å². The van der Waals surface area contributed by atoms with E-state index < -0.39 is 11.9 Å². The van der Waals surface area contributed by atoms with Crippen molar-refractivity contribution in [1.29, 1.82) is 0 Å². The Balaban J connectivity index is 2.23. The number of aromatic nitrogens is 1. The molecule has 0 radical (unpaired) electrons. The molecule has 0 aliphatic carbocycles. The van der Waals surface area contributed by atoms with Crippen molar-refractivity contribution in [1.82, 2.24) is 10.3 Å². The second-order valence-electron chi connectivity index (χ2n) is 3.73. The van der Waals surface area contributed by atoms with E-state index in [4.69, 9.17) is 10.5 Å². The summed E-state index contributed by atoms with van der Waals surface area (Å²) in [7, 11) is 1.32. The summed E-state index contributed by atoms with van der Waals surface area (Å²) in [6, 6.07) is 3.39. The molecular formula is C12H17N3O4. The van der Waals surface area contributed by atoms with Gasteiger partial charge in [0.25, 0.3) is 0 Å². The molecule has 1 aromatic rings. The summed E-state index contributed by atoms with van der Waals surface area (Å²) in [4.78, 5) is 25.7. The molecule has 3 N–H and O–H groups in total. The lowest BCUT2D eigenvalue weighted by atomic mass is 10.2. The van der Waals surface area contributed by atoms with E-state index in [-0.39, 0.29) is 6.61 Å². The second-order valence-corrected chi connectivity index (χ2v) is 3.73. The van der Waals surface area contributed by atoms with Crippen molar-refractivity contribution in [2.45, 2.75) is 6.54 Å². The van der Waals surface area contributed by atoms with Crippen LogP contribution in [0.15, 0.2) is 18.3 Å². The number of carbonyl (C=O) groups excluding carboxylic acids is 2. The number of carbonyl (C=O) groups is 2. The van der Waals surface area contributed by atoms with Crippen LogP contribution in [0.1, 0.15) is 16.1 Å². The van der Waals surface area contributed by atoms with Gasteiger partial charge in [0, 0.05) is 19.3 Å². The molecule has 0 saturated carbocycles. The minimum atomic E-state index is -0.486. The van der Waals surface area contributed by atoms with Crippen LogP contribution >= 0.6 is 0 Å². The van der Waals surface area contributed by atoms with Gasteiger partial charge >= 0.3 is 5.97 Å². The monoisotopic (exact) mass is 267 g/mol. The Labute approximate surface area is 111 Å². The van der Waals surface area contributed by atoms with Gasteiger partial charge in [-0.25, -0.2) is 4.79 Å². The predicted octanol–water partition coefficient (Wildman–Crippen LogP) is -0.540. The Hall–Kier alpha value is -1.99. The van der Waals surface area contributed by atoms with Gasteiger partial charge in [0.1, 0.15) is 6.61 Å². The van der Waals surface area contributed by atoms with Crippen LogP contribution in [0.3, 0.4) is 0 Å². The molecule has 0 aliphatic rings. The fraction of sp³-hybridized carbons (Fsp3) is 0.417. The topological polar surface area (TPSA) is 104 Å². The number of esters is 1. The summed E-state index contributed by atoms with van der Waals surface area (Å²) in [5.74, 6) is -0.896. The van der Waals surface area contributed by atoms with Crippen molar-refractivity contribution in [3.05, 3.63) is 29.6 Å². The molecule has 19 heavy (non-hydrogen) atoms. The lowest BCUT2D eigenvalue weighted by molar-refractivity contribution is -0.122. The number of nitrogens with two attached hydrogens (primary N) is 1. The van der Waals surface area contributed by atoms with Gasteiger partial charge in [-0.05, 0) is 12.1 Å². The Kier molecular flexibility index (Phi) is 6.48. The number of nitrogens with zero attached hydrogens (tertiary/aromatic N) is 1. The van der Waals surface area contributed by atoms with Crippen molar-refractivity contribution in [2.24, 2.45) is 5.73 Å². The average molecular weight is 267 g/mol. The summed E-state index contributed by atoms with van der Waals surface area (Å²) in [6.07, 6.45) is 1.46. The average Bonchev–Trinajstić information content (AvgIpc) is 2.42. The summed E-state index contributed by atoms with van der Waals surface area (Å²) in [5.41, 5.74) is 6.12. The van der Waals surface area contributed by atoms with Crippen molar-refractivity contribution in [3.8, 4) is 0 Å². The minimum Gasteiger partial charge on any atom is -0.465 e. The molecule has 104 valence electrons. The minimum absolute atomic E-state index is 0.0756. The first-order chi connectivity index (χ1) is 9.13. The molecule has 0 saturated heterocycles. The standard InChI is InChI=1S/C12H17N3O4/c1-18-12(17)9-2-3-10(15-6-9)7-14-4-5-19-8-11(13)16/h2-3,6,14H,4-5,7-8H2,1H3,(H2,13,16). The molecule has 0 unspecified atom stereocenters.